The van der Waals surface area contributed by atoms with Gasteiger partial charge in [-0.25, -0.2) is 0 Å². The predicted molar refractivity (Wildman–Crippen MR) is 141 cm³/mol. The molecule has 1 amide bonds. The van der Waals surface area contributed by atoms with E-state index in [2.05, 4.69) is 33.3 Å². The fourth-order valence-electron chi connectivity index (χ4n) is 3.47. The average molecular weight is 517 g/mol. The van der Waals surface area contributed by atoms with E-state index in [-0.39, 0.29) is 11.9 Å². The van der Waals surface area contributed by atoms with Crippen molar-refractivity contribution in [2.75, 3.05) is 38.6 Å². The molecule has 1 N–H and O–H groups in total. The van der Waals surface area contributed by atoms with E-state index in [1.807, 2.05) is 24.3 Å². The molecule has 0 spiro atoms. The van der Waals surface area contributed by atoms with Crippen molar-refractivity contribution in [3.8, 4) is 17.2 Å². The molecule has 0 radical (unpaired) electrons. The van der Waals surface area contributed by atoms with E-state index in [4.69, 9.17) is 14.2 Å². The molecule has 3 aromatic rings. The topological polar surface area (TPSA) is 87.5 Å². The Bertz CT molecular complexity index is 1080. The van der Waals surface area contributed by atoms with Gasteiger partial charge < -0.3 is 24.1 Å². The summed E-state index contributed by atoms with van der Waals surface area (Å²) in [6, 6.07) is 14.4. The van der Waals surface area contributed by atoms with Crippen LogP contribution >= 0.6 is 23.5 Å². The summed E-state index contributed by atoms with van der Waals surface area (Å²) in [4.78, 5) is 12.9. The predicted octanol–water partition coefficient (Wildman–Crippen LogP) is 4.71. The van der Waals surface area contributed by atoms with E-state index in [1.165, 1.54) is 0 Å². The molecule has 0 bridgehead atoms. The first-order valence-corrected chi connectivity index (χ1v) is 13.7. The van der Waals surface area contributed by atoms with Gasteiger partial charge >= 0.3 is 0 Å². The molecule has 3 rings (SSSR count). The number of rotatable bonds is 14. The maximum absolute atomic E-state index is 12.9. The highest BCUT2D eigenvalue weighted by Crippen LogP contribution is 2.27. The van der Waals surface area contributed by atoms with Crippen molar-refractivity contribution in [1.29, 1.82) is 0 Å². The van der Waals surface area contributed by atoms with Gasteiger partial charge in [-0.15, -0.1) is 10.2 Å². The summed E-state index contributed by atoms with van der Waals surface area (Å²) < 4.78 is 18.5. The lowest BCUT2D eigenvalue weighted by Gasteiger charge is -2.19. The standard InChI is InChI=1S/C25H32N4O4S2/c1-5-29-23(20(14-16-34-4)26-24(30)18-10-12-19(31-2)13-11-18)27-28-25(29)35-17-15-33-22-9-7-6-8-21(22)32-3/h6-13,20H,5,14-17H2,1-4H3,(H,26,30). The number of nitrogens with zero attached hydrogens (tertiary/aromatic N) is 3. The second-order valence-corrected chi connectivity index (χ2v) is 9.52. The summed E-state index contributed by atoms with van der Waals surface area (Å²) >= 11 is 3.31. The fourth-order valence-corrected chi connectivity index (χ4v) is 4.77. The van der Waals surface area contributed by atoms with Crippen LogP contribution in [0.25, 0.3) is 0 Å². The van der Waals surface area contributed by atoms with Crippen molar-refractivity contribution in [3.63, 3.8) is 0 Å². The number of hydrogen-bond acceptors (Lipinski definition) is 8. The SMILES string of the molecule is CCn1c(SCCOc2ccccc2OC)nnc1C(CCSC)NC(=O)c1ccc(OC)cc1. The second-order valence-electron chi connectivity index (χ2n) is 7.47. The molecule has 0 aliphatic heterocycles. The smallest absolute Gasteiger partial charge is 0.251 e. The van der Waals surface area contributed by atoms with E-state index >= 15 is 0 Å². The van der Waals surface area contributed by atoms with E-state index < -0.39 is 0 Å². The molecule has 10 heteroatoms. The fraction of sp³-hybridized carbons (Fsp3) is 0.400. The van der Waals surface area contributed by atoms with Gasteiger partial charge in [0.1, 0.15) is 5.75 Å². The van der Waals surface area contributed by atoms with E-state index in [1.54, 1.807) is 62.0 Å². The van der Waals surface area contributed by atoms with Crippen molar-refractivity contribution in [1.82, 2.24) is 20.1 Å². The van der Waals surface area contributed by atoms with Crippen molar-refractivity contribution in [2.45, 2.75) is 31.1 Å². The molecule has 0 fully saturated rings. The molecule has 2 aromatic carbocycles. The lowest BCUT2D eigenvalue weighted by molar-refractivity contribution is 0.0933. The molecule has 0 saturated carbocycles. The molecule has 188 valence electrons. The Kier molecular flexibility index (Phi) is 10.6. The number of aromatic nitrogens is 3. The number of benzene rings is 2. The van der Waals surface area contributed by atoms with Crippen LogP contribution in [0.3, 0.4) is 0 Å². The summed E-state index contributed by atoms with van der Waals surface area (Å²) in [6.45, 7) is 3.26. The molecule has 0 aliphatic rings. The summed E-state index contributed by atoms with van der Waals surface area (Å²) in [5.74, 6) is 4.33. The molecule has 35 heavy (non-hydrogen) atoms. The van der Waals surface area contributed by atoms with E-state index in [9.17, 15) is 4.79 Å². The minimum absolute atomic E-state index is 0.149. The number of carbonyl (C=O) groups excluding carboxylic acids is 1. The van der Waals surface area contributed by atoms with Gasteiger partial charge in [0.25, 0.3) is 5.91 Å². The van der Waals surface area contributed by atoms with Gasteiger partial charge in [-0.2, -0.15) is 11.8 Å². The Balaban J connectivity index is 1.67. The van der Waals surface area contributed by atoms with Crippen LogP contribution in [0, 0.1) is 0 Å². The van der Waals surface area contributed by atoms with Crippen LogP contribution in [0.5, 0.6) is 17.2 Å². The molecule has 0 saturated heterocycles. The summed E-state index contributed by atoms with van der Waals surface area (Å²) in [7, 11) is 3.23. The normalized spacial score (nSPS) is 11.7. The van der Waals surface area contributed by atoms with Crippen LogP contribution in [-0.2, 0) is 6.54 Å². The van der Waals surface area contributed by atoms with E-state index in [0.29, 0.717) is 41.7 Å². The highest BCUT2D eigenvalue weighted by atomic mass is 32.2. The third-order valence-electron chi connectivity index (χ3n) is 5.28. The van der Waals surface area contributed by atoms with Gasteiger partial charge in [0, 0.05) is 17.9 Å². The molecule has 1 unspecified atom stereocenters. The maximum atomic E-state index is 12.9. The first-order valence-electron chi connectivity index (χ1n) is 11.4. The van der Waals surface area contributed by atoms with Gasteiger partial charge in [0.15, 0.2) is 22.5 Å². The summed E-state index contributed by atoms with van der Waals surface area (Å²) in [5.41, 5.74) is 0.575. The van der Waals surface area contributed by atoms with Gasteiger partial charge in [0.05, 0.1) is 26.9 Å². The van der Waals surface area contributed by atoms with Gasteiger partial charge in [-0.3, -0.25) is 4.79 Å². The number of amides is 1. The lowest BCUT2D eigenvalue weighted by atomic mass is 10.1. The van der Waals surface area contributed by atoms with Crippen molar-refractivity contribution >= 4 is 29.4 Å². The van der Waals surface area contributed by atoms with Crippen molar-refractivity contribution in [3.05, 3.63) is 59.9 Å². The van der Waals surface area contributed by atoms with Crippen LogP contribution < -0.4 is 19.5 Å². The Morgan fingerprint density at radius 2 is 1.77 bits per heavy atom. The van der Waals surface area contributed by atoms with Crippen LogP contribution in [0.2, 0.25) is 0 Å². The zero-order valence-electron chi connectivity index (χ0n) is 20.5. The zero-order valence-corrected chi connectivity index (χ0v) is 22.2. The number of thioether (sulfide) groups is 2. The number of carbonyl (C=O) groups is 1. The number of ether oxygens (including phenoxy) is 3. The van der Waals surface area contributed by atoms with Crippen LogP contribution in [-0.4, -0.2) is 59.3 Å². The van der Waals surface area contributed by atoms with Crippen LogP contribution in [0.1, 0.15) is 35.6 Å². The molecule has 1 aromatic heterocycles. The third kappa shape index (κ3) is 7.32. The number of nitrogens with one attached hydrogen (secondary N) is 1. The Morgan fingerprint density at radius 1 is 1.03 bits per heavy atom. The van der Waals surface area contributed by atoms with Crippen LogP contribution in [0.15, 0.2) is 53.7 Å². The Morgan fingerprint density at radius 3 is 2.43 bits per heavy atom. The van der Waals surface area contributed by atoms with Crippen LogP contribution in [0.4, 0.5) is 0 Å². The monoisotopic (exact) mass is 516 g/mol. The number of hydrogen-bond donors (Lipinski definition) is 1. The summed E-state index contributed by atoms with van der Waals surface area (Å²) in [6.07, 6.45) is 2.80. The highest BCUT2D eigenvalue weighted by Gasteiger charge is 2.23. The summed E-state index contributed by atoms with van der Waals surface area (Å²) in [5, 5.41) is 12.8. The molecule has 8 nitrogen and oxygen atoms in total. The van der Waals surface area contributed by atoms with Gasteiger partial charge in [0.2, 0.25) is 0 Å². The highest BCUT2D eigenvalue weighted by molar-refractivity contribution is 7.99. The van der Waals surface area contributed by atoms with Gasteiger partial charge in [-0.1, -0.05) is 23.9 Å². The third-order valence-corrected chi connectivity index (χ3v) is 6.86. The Hall–Kier alpha value is -2.85. The number of para-hydroxylation sites is 2. The first kappa shape index (κ1) is 26.7. The van der Waals surface area contributed by atoms with Crippen molar-refractivity contribution in [2.24, 2.45) is 0 Å². The number of methoxy groups -OCH3 is 2. The Labute approximate surface area is 215 Å². The van der Waals surface area contributed by atoms with Gasteiger partial charge in [-0.05, 0) is 61.8 Å². The van der Waals surface area contributed by atoms with Crippen molar-refractivity contribution < 1.29 is 19.0 Å². The quantitative estimate of drug-likeness (QED) is 0.243. The van der Waals surface area contributed by atoms with E-state index in [0.717, 1.165) is 23.2 Å². The molecule has 1 heterocycles. The minimum atomic E-state index is -0.247. The zero-order chi connectivity index (χ0) is 25.0. The maximum Gasteiger partial charge on any atom is 0.251 e. The second kappa shape index (κ2) is 13.9. The average Bonchev–Trinajstić information content (AvgIpc) is 3.31. The minimum Gasteiger partial charge on any atom is -0.497 e. The molecule has 1 atom stereocenters. The lowest BCUT2D eigenvalue weighted by Crippen LogP contribution is -2.31. The molecular formula is C25H32N4O4S2. The first-order chi connectivity index (χ1) is 17.1. The molecular weight excluding hydrogens is 484 g/mol. The molecule has 0 aliphatic carbocycles. The largest absolute Gasteiger partial charge is 0.497 e.